The molecule has 3 N–H and O–H groups in total. The van der Waals surface area contributed by atoms with Crippen LogP contribution < -0.4 is 5.73 Å². The molecular weight excluding hydrogens is 216 g/mol. The molecule has 16 heavy (non-hydrogen) atoms. The van der Waals surface area contributed by atoms with Crippen molar-refractivity contribution in [3.8, 4) is 10.6 Å². The maximum atomic E-state index is 5.62. The van der Waals surface area contributed by atoms with Gasteiger partial charge in [0.1, 0.15) is 0 Å². The number of benzene rings is 1. The first kappa shape index (κ1) is 9.63. The molecule has 0 aliphatic carbocycles. The molecule has 0 aliphatic heterocycles. The summed E-state index contributed by atoms with van der Waals surface area (Å²) in [5.41, 5.74) is 7.97. The normalized spacial score (nSPS) is 11.1. The molecule has 0 amide bonds. The summed E-state index contributed by atoms with van der Waals surface area (Å²) in [7, 11) is 0. The molecular formula is C13H12N2S. The number of nitrogens with one attached hydrogen (secondary N) is 1. The zero-order valence-corrected chi connectivity index (χ0v) is 9.55. The smallest absolute Gasteiger partial charge is 0.0566 e. The lowest BCUT2D eigenvalue weighted by molar-refractivity contribution is 1.11. The fourth-order valence-corrected chi connectivity index (χ4v) is 2.70. The van der Waals surface area contributed by atoms with E-state index in [0.29, 0.717) is 6.54 Å². The first-order valence-electron chi connectivity index (χ1n) is 5.24. The fraction of sp³-hybridized carbons (Fsp3) is 0.0769. The first-order valence-corrected chi connectivity index (χ1v) is 6.05. The number of aromatic amines is 1. The summed E-state index contributed by atoms with van der Waals surface area (Å²) in [4.78, 5) is 5.88. The van der Waals surface area contributed by atoms with Crippen molar-refractivity contribution < 1.29 is 0 Å². The van der Waals surface area contributed by atoms with Crippen molar-refractivity contribution >= 4 is 22.2 Å². The number of H-pyrrole nitrogens is 1. The second kappa shape index (κ2) is 3.77. The van der Waals surface area contributed by atoms with E-state index in [1.54, 1.807) is 11.3 Å². The SMILES string of the molecule is NCc1ccc(-c2cc3ccccc3[nH]2)s1. The molecule has 0 atom stereocenters. The maximum Gasteiger partial charge on any atom is 0.0566 e. The average molecular weight is 228 g/mol. The van der Waals surface area contributed by atoms with Gasteiger partial charge in [0.2, 0.25) is 0 Å². The Morgan fingerprint density at radius 1 is 1.12 bits per heavy atom. The van der Waals surface area contributed by atoms with Crippen LogP contribution >= 0.6 is 11.3 Å². The topological polar surface area (TPSA) is 41.8 Å². The molecule has 0 saturated carbocycles. The van der Waals surface area contributed by atoms with Crippen molar-refractivity contribution in [3.05, 3.63) is 47.3 Å². The third-order valence-electron chi connectivity index (χ3n) is 2.66. The van der Waals surface area contributed by atoms with Crippen molar-refractivity contribution in [1.29, 1.82) is 0 Å². The molecule has 80 valence electrons. The van der Waals surface area contributed by atoms with Crippen LogP contribution in [0.1, 0.15) is 4.88 Å². The predicted molar refractivity (Wildman–Crippen MR) is 69.5 cm³/mol. The number of thiophene rings is 1. The van der Waals surface area contributed by atoms with Crippen molar-refractivity contribution in [1.82, 2.24) is 4.98 Å². The minimum Gasteiger partial charge on any atom is -0.354 e. The van der Waals surface area contributed by atoms with Crippen molar-refractivity contribution in [2.24, 2.45) is 5.73 Å². The second-order valence-corrected chi connectivity index (χ2v) is 4.91. The fourth-order valence-electron chi connectivity index (χ4n) is 1.84. The number of nitrogens with two attached hydrogens (primary N) is 1. The summed E-state index contributed by atoms with van der Waals surface area (Å²) < 4.78 is 0. The Morgan fingerprint density at radius 2 is 2.00 bits per heavy atom. The van der Waals surface area contributed by atoms with Gasteiger partial charge in [0.25, 0.3) is 0 Å². The van der Waals surface area contributed by atoms with Crippen LogP contribution in [0, 0.1) is 0 Å². The van der Waals surface area contributed by atoms with Crippen LogP contribution in [0.2, 0.25) is 0 Å². The van der Waals surface area contributed by atoms with E-state index < -0.39 is 0 Å². The molecule has 3 aromatic rings. The molecule has 3 heteroatoms. The Morgan fingerprint density at radius 3 is 2.75 bits per heavy atom. The third-order valence-corrected chi connectivity index (χ3v) is 3.80. The van der Waals surface area contributed by atoms with E-state index >= 15 is 0 Å². The highest BCUT2D eigenvalue weighted by Gasteiger charge is 2.05. The number of fused-ring (bicyclic) bond motifs is 1. The number of rotatable bonds is 2. The van der Waals surface area contributed by atoms with Crippen LogP contribution in [0.25, 0.3) is 21.5 Å². The first-order chi connectivity index (χ1) is 7.86. The molecule has 1 aromatic carbocycles. The van der Waals surface area contributed by atoms with Gasteiger partial charge < -0.3 is 10.7 Å². The van der Waals surface area contributed by atoms with Crippen molar-refractivity contribution in [2.45, 2.75) is 6.54 Å². The predicted octanol–water partition coefficient (Wildman–Crippen LogP) is 3.36. The van der Waals surface area contributed by atoms with Gasteiger partial charge in [-0.1, -0.05) is 18.2 Å². The summed E-state index contributed by atoms with van der Waals surface area (Å²) in [6.45, 7) is 0.616. The highest BCUT2D eigenvalue weighted by atomic mass is 32.1. The van der Waals surface area contributed by atoms with Gasteiger partial charge in [-0.25, -0.2) is 0 Å². The van der Waals surface area contributed by atoms with Gasteiger partial charge >= 0.3 is 0 Å². The molecule has 0 unspecified atom stereocenters. The van der Waals surface area contributed by atoms with E-state index in [1.165, 1.54) is 26.4 Å². The minimum absolute atomic E-state index is 0.616. The van der Waals surface area contributed by atoms with Gasteiger partial charge in [-0.3, -0.25) is 0 Å². The second-order valence-electron chi connectivity index (χ2n) is 3.74. The van der Waals surface area contributed by atoms with Crippen LogP contribution in [0.4, 0.5) is 0 Å². The number of hydrogen-bond acceptors (Lipinski definition) is 2. The summed E-state index contributed by atoms with van der Waals surface area (Å²) in [5.74, 6) is 0. The molecule has 2 aromatic heterocycles. The average Bonchev–Trinajstić information content (AvgIpc) is 2.95. The largest absolute Gasteiger partial charge is 0.354 e. The van der Waals surface area contributed by atoms with Crippen molar-refractivity contribution in [2.75, 3.05) is 0 Å². The van der Waals surface area contributed by atoms with Gasteiger partial charge in [0.15, 0.2) is 0 Å². The van der Waals surface area contributed by atoms with E-state index in [9.17, 15) is 0 Å². The molecule has 0 saturated heterocycles. The van der Waals surface area contributed by atoms with Gasteiger partial charge in [0, 0.05) is 22.3 Å². The summed E-state index contributed by atoms with van der Waals surface area (Å²) in [6.07, 6.45) is 0. The van der Waals surface area contributed by atoms with Gasteiger partial charge in [-0.2, -0.15) is 0 Å². The lowest BCUT2D eigenvalue weighted by Crippen LogP contribution is -1.90. The zero-order chi connectivity index (χ0) is 11.0. The monoisotopic (exact) mass is 228 g/mol. The summed E-state index contributed by atoms with van der Waals surface area (Å²) in [6, 6.07) is 14.7. The Bertz CT molecular complexity index is 588. The minimum atomic E-state index is 0.616. The Kier molecular flexibility index (Phi) is 2.27. The highest BCUT2D eigenvalue weighted by Crippen LogP contribution is 2.29. The maximum absolute atomic E-state index is 5.62. The summed E-state index contributed by atoms with van der Waals surface area (Å²) >= 11 is 1.74. The molecule has 0 radical (unpaired) electrons. The number of para-hydroxylation sites is 1. The van der Waals surface area contributed by atoms with E-state index in [-0.39, 0.29) is 0 Å². The quantitative estimate of drug-likeness (QED) is 0.694. The molecule has 0 fully saturated rings. The third kappa shape index (κ3) is 1.54. The van der Waals surface area contributed by atoms with E-state index in [2.05, 4.69) is 41.4 Å². The summed E-state index contributed by atoms with van der Waals surface area (Å²) in [5, 5.41) is 1.25. The number of hydrogen-bond donors (Lipinski definition) is 2. The van der Waals surface area contributed by atoms with E-state index in [1.807, 2.05) is 6.07 Å². The Labute approximate surface area is 97.7 Å². The Balaban J connectivity index is 2.11. The molecule has 0 aliphatic rings. The zero-order valence-electron chi connectivity index (χ0n) is 8.73. The van der Waals surface area contributed by atoms with Crippen LogP contribution in [0.5, 0.6) is 0 Å². The molecule has 3 rings (SSSR count). The van der Waals surface area contributed by atoms with E-state index in [0.717, 1.165) is 0 Å². The molecule has 0 bridgehead atoms. The number of aromatic nitrogens is 1. The van der Waals surface area contributed by atoms with Crippen LogP contribution in [0.3, 0.4) is 0 Å². The highest BCUT2D eigenvalue weighted by molar-refractivity contribution is 7.15. The van der Waals surface area contributed by atoms with Gasteiger partial charge in [0.05, 0.1) is 10.6 Å². The Hall–Kier alpha value is -1.58. The van der Waals surface area contributed by atoms with Gasteiger partial charge in [-0.15, -0.1) is 11.3 Å². The lowest BCUT2D eigenvalue weighted by Gasteiger charge is -1.90. The van der Waals surface area contributed by atoms with Crippen LogP contribution in [-0.2, 0) is 6.54 Å². The molecule has 2 heterocycles. The van der Waals surface area contributed by atoms with E-state index in [4.69, 9.17) is 5.73 Å². The lowest BCUT2D eigenvalue weighted by atomic mass is 10.2. The molecule has 0 spiro atoms. The van der Waals surface area contributed by atoms with Crippen molar-refractivity contribution in [3.63, 3.8) is 0 Å². The van der Waals surface area contributed by atoms with Crippen LogP contribution in [0.15, 0.2) is 42.5 Å². The van der Waals surface area contributed by atoms with Crippen LogP contribution in [-0.4, -0.2) is 4.98 Å². The standard InChI is InChI=1S/C13H12N2S/c14-8-10-5-6-13(16-10)12-7-9-3-1-2-4-11(9)15-12/h1-7,15H,8,14H2. The molecule has 2 nitrogen and oxygen atoms in total. The van der Waals surface area contributed by atoms with Gasteiger partial charge in [-0.05, 0) is 24.3 Å².